The minimum atomic E-state index is 0.0363. The van der Waals surface area contributed by atoms with E-state index in [1.54, 1.807) is 18.6 Å². The van der Waals surface area contributed by atoms with Crippen LogP contribution in [0.4, 0.5) is 0 Å². The number of rotatable bonds is 5. The lowest BCUT2D eigenvalue weighted by atomic mass is 10.1. The standard InChI is InChI=1S/C19H21N3O2/c23-19(9-6-16-4-2-1-3-5-16)22-12-13-24-18(14-22)8-7-17-10-11-20-15-21-17/h1-6,9-11,15,18H,7-8,12-14H2/b9-6+/t18-/m1/s1. The first kappa shape index (κ1) is 16.3. The topological polar surface area (TPSA) is 55.3 Å². The van der Waals surface area contributed by atoms with Crippen molar-refractivity contribution in [1.29, 1.82) is 0 Å². The summed E-state index contributed by atoms with van der Waals surface area (Å²) in [6.45, 7) is 1.85. The molecule has 5 nitrogen and oxygen atoms in total. The Bertz CT molecular complexity index is 674. The van der Waals surface area contributed by atoms with Crippen LogP contribution in [-0.2, 0) is 16.0 Å². The fourth-order valence-corrected chi connectivity index (χ4v) is 2.71. The Kier molecular flexibility index (Phi) is 5.69. The third kappa shape index (κ3) is 4.73. The third-order valence-electron chi connectivity index (χ3n) is 4.03. The highest BCUT2D eigenvalue weighted by Gasteiger charge is 2.22. The second-order valence-electron chi connectivity index (χ2n) is 5.76. The first-order valence-corrected chi connectivity index (χ1v) is 8.20. The molecule has 0 bridgehead atoms. The Hall–Kier alpha value is -2.53. The van der Waals surface area contributed by atoms with Gasteiger partial charge in [-0.15, -0.1) is 0 Å². The number of aryl methyl sites for hydroxylation is 1. The first-order chi connectivity index (χ1) is 11.8. The molecular weight excluding hydrogens is 302 g/mol. The number of morpholine rings is 1. The molecule has 0 unspecified atom stereocenters. The molecule has 1 fully saturated rings. The van der Waals surface area contributed by atoms with Gasteiger partial charge in [0.05, 0.1) is 12.7 Å². The van der Waals surface area contributed by atoms with Gasteiger partial charge >= 0.3 is 0 Å². The molecule has 1 amide bonds. The van der Waals surface area contributed by atoms with E-state index in [1.165, 1.54) is 0 Å². The maximum absolute atomic E-state index is 12.4. The van der Waals surface area contributed by atoms with Gasteiger partial charge < -0.3 is 9.64 Å². The molecule has 0 saturated carbocycles. The van der Waals surface area contributed by atoms with Crippen LogP contribution in [0.15, 0.2) is 55.0 Å². The zero-order valence-electron chi connectivity index (χ0n) is 13.5. The van der Waals surface area contributed by atoms with Gasteiger partial charge in [-0.3, -0.25) is 4.79 Å². The molecule has 1 aliphatic rings. The quantitative estimate of drug-likeness (QED) is 0.793. The van der Waals surface area contributed by atoms with Crippen molar-refractivity contribution in [2.75, 3.05) is 19.7 Å². The molecular formula is C19H21N3O2. The number of benzene rings is 1. The highest BCUT2D eigenvalue weighted by atomic mass is 16.5. The Balaban J connectivity index is 1.51. The molecule has 0 radical (unpaired) electrons. The Morgan fingerprint density at radius 2 is 2.17 bits per heavy atom. The molecule has 3 rings (SSSR count). The predicted octanol–water partition coefficient (Wildman–Crippen LogP) is 2.35. The largest absolute Gasteiger partial charge is 0.375 e. The summed E-state index contributed by atoms with van der Waals surface area (Å²) in [7, 11) is 0. The molecule has 2 aromatic rings. The van der Waals surface area contributed by atoms with E-state index in [1.807, 2.05) is 47.4 Å². The van der Waals surface area contributed by atoms with Crippen LogP contribution < -0.4 is 0 Å². The number of carbonyl (C=O) groups excluding carboxylic acids is 1. The van der Waals surface area contributed by atoms with Gasteiger partial charge in [0, 0.05) is 31.1 Å². The number of aromatic nitrogens is 2. The van der Waals surface area contributed by atoms with E-state index in [0.29, 0.717) is 19.7 Å². The third-order valence-corrected chi connectivity index (χ3v) is 4.03. The van der Waals surface area contributed by atoms with Gasteiger partial charge in [-0.25, -0.2) is 9.97 Å². The molecule has 2 heterocycles. The van der Waals surface area contributed by atoms with Crippen LogP contribution in [0, 0.1) is 0 Å². The van der Waals surface area contributed by atoms with Gasteiger partial charge in [0.25, 0.3) is 0 Å². The Morgan fingerprint density at radius 3 is 2.96 bits per heavy atom. The van der Waals surface area contributed by atoms with Crippen molar-refractivity contribution in [3.05, 3.63) is 66.3 Å². The molecule has 1 aromatic carbocycles. The van der Waals surface area contributed by atoms with Crippen molar-refractivity contribution in [3.8, 4) is 0 Å². The number of nitrogens with zero attached hydrogens (tertiary/aromatic N) is 3. The van der Waals surface area contributed by atoms with E-state index in [2.05, 4.69) is 9.97 Å². The molecule has 1 aromatic heterocycles. The van der Waals surface area contributed by atoms with Crippen LogP contribution in [0.5, 0.6) is 0 Å². The van der Waals surface area contributed by atoms with E-state index >= 15 is 0 Å². The van der Waals surface area contributed by atoms with Crippen molar-refractivity contribution in [1.82, 2.24) is 14.9 Å². The minimum Gasteiger partial charge on any atom is -0.375 e. The highest BCUT2D eigenvalue weighted by Crippen LogP contribution is 2.12. The van der Waals surface area contributed by atoms with Crippen LogP contribution in [0.1, 0.15) is 17.7 Å². The number of hydrogen-bond donors (Lipinski definition) is 0. The highest BCUT2D eigenvalue weighted by molar-refractivity contribution is 5.91. The molecule has 1 atom stereocenters. The second-order valence-corrected chi connectivity index (χ2v) is 5.76. The lowest BCUT2D eigenvalue weighted by Gasteiger charge is -2.32. The van der Waals surface area contributed by atoms with Crippen LogP contribution in [0.25, 0.3) is 6.08 Å². The monoisotopic (exact) mass is 323 g/mol. The van der Waals surface area contributed by atoms with Crippen LogP contribution in [0.2, 0.25) is 0 Å². The number of amides is 1. The zero-order valence-corrected chi connectivity index (χ0v) is 13.5. The van der Waals surface area contributed by atoms with Crippen molar-refractivity contribution >= 4 is 12.0 Å². The average Bonchev–Trinajstić information content (AvgIpc) is 2.66. The van der Waals surface area contributed by atoms with Crippen molar-refractivity contribution in [2.24, 2.45) is 0 Å². The summed E-state index contributed by atoms with van der Waals surface area (Å²) in [6, 6.07) is 11.8. The molecule has 5 heteroatoms. The van der Waals surface area contributed by atoms with Gasteiger partial charge in [0.2, 0.25) is 5.91 Å². The van der Waals surface area contributed by atoms with Crippen molar-refractivity contribution in [3.63, 3.8) is 0 Å². The molecule has 1 saturated heterocycles. The lowest BCUT2D eigenvalue weighted by molar-refractivity contribution is -0.133. The lowest BCUT2D eigenvalue weighted by Crippen LogP contribution is -2.45. The van der Waals surface area contributed by atoms with Crippen molar-refractivity contribution in [2.45, 2.75) is 18.9 Å². The van der Waals surface area contributed by atoms with E-state index in [0.717, 1.165) is 24.1 Å². The van der Waals surface area contributed by atoms with Gasteiger partial charge in [-0.05, 0) is 30.5 Å². The summed E-state index contributed by atoms with van der Waals surface area (Å²) in [6.07, 6.45) is 8.53. The second kappa shape index (κ2) is 8.36. The van der Waals surface area contributed by atoms with Crippen LogP contribution >= 0.6 is 0 Å². The summed E-state index contributed by atoms with van der Waals surface area (Å²) >= 11 is 0. The fourth-order valence-electron chi connectivity index (χ4n) is 2.71. The molecule has 24 heavy (non-hydrogen) atoms. The van der Waals surface area contributed by atoms with E-state index < -0.39 is 0 Å². The van der Waals surface area contributed by atoms with Gasteiger partial charge in [-0.1, -0.05) is 30.3 Å². The van der Waals surface area contributed by atoms with E-state index in [-0.39, 0.29) is 12.0 Å². The maximum atomic E-state index is 12.4. The van der Waals surface area contributed by atoms with Gasteiger partial charge in [0.15, 0.2) is 0 Å². The van der Waals surface area contributed by atoms with Crippen LogP contribution in [0.3, 0.4) is 0 Å². The summed E-state index contributed by atoms with van der Waals surface area (Å²) in [4.78, 5) is 22.3. The SMILES string of the molecule is O=C(/C=C/c1ccccc1)N1CCO[C@H](CCc2ccncn2)C1. The van der Waals surface area contributed by atoms with E-state index in [4.69, 9.17) is 4.74 Å². The Morgan fingerprint density at radius 1 is 1.29 bits per heavy atom. The van der Waals surface area contributed by atoms with Crippen LogP contribution in [-0.4, -0.2) is 46.6 Å². The Labute approximate surface area is 142 Å². The molecule has 0 aliphatic carbocycles. The number of hydrogen-bond acceptors (Lipinski definition) is 4. The molecule has 0 N–H and O–H groups in total. The summed E-state index contributed by atoms with van der Waals surface area (Å²) in [5, 5.41) is 0. The van der Waals surface area contributed by atoms with Gasteiger partial charge in [0.1, 0.15) is 6.33 Å². The summed E-state index contributed by atoms with van der Waals surface area (Å²) in [5.74, 6) is 0.0363. The molecule has 124 valence electrons. The molecule has 1 aliphatic heterocycles. The van der Waals surface area contributed by atoms with Gasteiger partial charge in [-0.2, -0.15) is 0 Å². The molecule has 0 spiro atoms. The van der Waals surface area contributed by atoms with E-state index in [9.17, 15) is 4.79 Å². The minimum absolute atomic E-state index is 0.0363. The number of carbonyl (C=O) groups is 1. The number of ether oxygens (including phenoxy) is 1. The summed E-state index contributed by atoms with van der Waals surface area (Å²) < 4.78 is 5.78. The predicted molar refractivity (Wildman–Crippen MR) is 92.1 cm³/mol. The normalized spacial score (nSPS) is 18.0. The van der Waals surface area contributed by atoms with Crippen molar-refractivity contribution < 1.29 is 9.53 Å². The maximum Gasteiger partial charge on any atom is 0.246 e. The summed E-state index contributed by atoms with van der Waals surface area (Å²) in [5.41, 5.74) is 2.03. The first-order valence-electron chi connectivity index (χ1n) is 8.20. The fraction of sp³-hybridized carbons (Fsp3) is 0.316. The average molecular weight is 323 g/mol. The zero-order chi connectivity index (χ0) is 16.6. The smallest absolute Gasteiger partial charge is 0.246 e.